The van der Waals surface area contributed by atoms with Gasteiger partial charge >= 0.3 is 0 Å². The smallest absolute Gasteiger partial charge is 0.269 e. The lowest BCUT2D eigenvalue weighted by Crippen LogP contribution is -2.48. The van der Waals surface area contributed by atoms with Crippen LogP contribution in [0.2, 0.25) is 0 Å². The summed E-state index contributed by atoms with van der Waals surface area (Å²) in [4.78, 5) is 29.8. The number of aliphatic imine (C=N–C) groups is 1. The van der Waals surface area contributed by atoms with Crippen molar-refractivity contribution in [1.29, 1.82) is 0 Å². The normalized spacial score (nSPS) is 15.1. The Hall–Kier alpha value is -3.84. The summed E-state index contributed by atoms with van der Waals surface area (Å²) in [6.07, 6.45) is -1.00. The molecule has 0 aliphatic carbocycles. The predicted molar refractivity (Wildman–Crippen MR) is 121 cm³/mol. The first-order chi connectivity index (χ1) is 14.6. The van der Waals surface area contributed by atoms with Crippen LogP contribution < -0.4 is 16.0 Å². The number of amides is 2. The van der Waals surface area contributed by atoms with Gasteiger partial charge in [-0.1, -0.05) is 66.7 Å². The Morgan fingerprint density at radius 3 is 2.27 bits per heavy atom. The second-order valence-corrected chi connectivity index (χ2v) is 6.98. The molecule has 3 aromatic rings. The molecule has 0 fully saturated rings. The second-order valence-electron chi connectivity index (χ2n) is 6.57. The lowest BCUT2D eigenvalue weighted by atomic mass is 10.0. The zero-order valence-electron chi connectivity index (χ0n) is 15.8. The molecule has 1 atom stereocenters. The molecule has 2 amide bonds. The van der Waals surface area contributed by atoms with Crippen LogP contribution in [-0.4, -0.2) is 28.8 Å². The molecule has 0 aromatic heterocycles. The molecule has 4 rings (SSSR count). The molecule has 1 aliphatic rings. The van der Waals surface area contributed by atoms with Gasteiger partial charge in [0.1, 0.15) is 0 Å². The number of fused-ring (bicyclic) bond motifs is 1. The molecule has 7 heteroatoms. The number of carbonyl (C=O) groups is 2. The molecule has 0 saturated carbocycles. The highest BCUT2D eigenvalue weighted by atomic mass is 32.1. The molecule has 1 unspecified atom stereocenters. The fourth-order valence-electron chi connectivity index (χ4n) is 3.11. The van der Waals surface area contributed by atoms with Crippen LogP contribution in [0.3, 0.4) is 0 Å². The van der Waals surface area contributed by atoms with E-state index in [1.54, 1.807) is 24.3 Å². The van der Waals surface area contributed by atoms with Crippen molar-refractivity contribution in [3.63, 3.8) is 0 Å². The SMILES string of the molecule is O=C(NC(=S)NC1N=C(c2ccccc2)c2ccccc2NC1=O)c1ccccc1. The average molecular weight is 414 g/mol. The van der Waals surface area contributed by atoms with E-state index in [-0.39, 0.29) is 16.9 Å². The summed E-state index contributed by atoms with van der Waals surface area (Å²) in [5.74, 6) is -0.734. The highest BCUT2D eigenvalue weighted by molar-refractivity contribution is 7.80. The molecule has 3 aromatic carbocycles. The summed E-state index contributed by atoms with van der Waals surface area (Å²) in [5.41, 5.74) is 3.45. The van der Waals surface area contributed by atoms with Crippen LogP contribution in [0.15, 0.2) is 89.9 Å². The van der Waals surface area contributed by atoms with Crippen LogP contribution in [0.25, 0.3) is 0 Å². The number of benzodiazepines with no additional fused rings is 1. The summed E-state index contributed by atoms with van der Waals surface area (Å²) >= 11 is 5.26. The van der Waals surface area contributed by atoms with Crippen molar-refractivity contribution in [3.8, 4) is 0 Å². The van der Waals surface area contributed by atoms with Gasteiger partial charge in [-0.05, 0) is 30.4 Å². The molecule has 30 heavy (non-hydrogen) atoms. The summed E-state index contributed by atoms with van der Waals surface area (Å²) in [6, 6.07) is 25.8. The molecule has 0 radical (unpaired) electrons. The van der Waals surface area contributed by atoms with E-state index in [1.807, 2.05) is 60.7 Å². The number of hydrogen-bond donors (Lipinski definition) is 3. The number of rotatable bonds is 3. The summed E-state index contributed by atoms with van der Waals surface area (Å²) < 4.78 is 0. The molecular weight excluding hydrogens is 396 g/mol. The summed E-state index contributed by atoms with van der Waals surface area (Å²) in [5, 5.41) is 8.33. The van der Waals surface area contributed by atoms with Crippen LogP contribution in [0.4, 0.5) is 5.69 Å². The summed E-state index contributed by atoms with van der Waals surface area (Å²) in [6.45, 7) is 0. The van der Waals surface area contributed by atoms with E-state index in [0.29, 0.717) is 17.0 Å². The number of nitrogens with one attached hydrogen (secondary N) is 3. The molecule has 1 aliphatic heterocycles. The average Bonchev–Trinajstić information content (AvgIpc) is 2.91. The highest BCUT2D eigenvalue weighted by Crippen LogP contribution is 2.23. The molecule has 148 valence electrons. The molecule has 6 nitrogen and oxygen atoms in total. The van der Waals surface area contributed by atoms with E-state index in [2.05, 4.69) is 20.9 Å². The maximum absolute atomic E-state index is 12.8. The largest absolute Gasteiger partial charge is 0.333 e. The summed E-state index contributed by atoms with van der Waals surface area (Å²) in [7, 11) is 0. The number of thiocarbonyl (C=S) groups is 1. The van der Waals surface area contributed by atoms with Gasteiger partial charge in [-0.2, -0.15) is 0 Å². The van der Waals surface area contributed by atoms with Gasteiger partial charge in [0.15, 0.2) is 5.11 Å². The molecule has 0 bridgehead atoms. The van der Waals surface area contributed by atoms with Gasteiger partial charge < -0.3 is 10.6 Å². The zero-order chi connectivity index (χ0) is 20.9. The number of hydrogen-bond acceptors (Lipinski definition) is 4. The Labute approximate surface area is 179 Å². The Kier molecular flexibility index (Phi) is 5.63. The number of benzene rings is 3. The maximum Gasteiger partial charge on any atom is 0.269 e. The molecule has 3 N–H and O–H groups in total. The van der Waals surface area contributed by atoms with E-state index in [0.717, 1.165) is 11.1 Å². The Balaban J connectivity index is 1.61. The Morgan fingerprint density at radius 2 is 1.53 bits per heavy atom. The second kappa shape index (κ2) is 8.67. The van der Waals surface area contributed by atoms with Gasteiger partial charge in [0.05, 0.1) is 11.4 Å². The Bertz CT molecular complexity index is 1130. The predicted octanol–water partition coefficient (Wildman–Crippen LogP) is 3.11. The van der Waals surface area contributed by atoms with Crippen molar-refractivity contribution in [2.45, 2.75) is 6.17 Å². The van der Waals surface area contributed by atoms with Crippen LogP contribution in [0, 0.1) is 0 Å². The van der Waals surface area contributed by atoms with Gasteiger partial charge in [0.25, 0.3) is 11.8 Å². The minimum absolute atomic E-state index is 0.0196. The van der Waals surface area contributed by atoms with Crippen LogP contribution in [-0.2, 0) is 4.79 Å². The van der Waals surface area contributed by atoms with Crippen molar-refractivity contribution in [2.24, 2.45) is 4.99 Å². The number of anilines is 1. The highest BCUT2D eigenvalue weighted by Gasteiger charge is 2.26. The van der Waals surface area contributed by atoms with Gasteiger partial charge in [0, 0.05) is 16.7 Å². The van der Waals surface area contributed by atoms with Crippen molar-refractivity contribution < 1.29 is 9.59 Å². The lowest BCUT2D eigenvalue weighted by molar-refractivity contribution is -0.117. The van der Waals surface area contributed by atoms with Crippen molar-refractivity contribution in [1.82, 2.24) is 10.6 Å². The van der Waals surface area contributed by atoms with Crippen LogP contribution in [0.5, 0.6) is 0 Å². The van der Waals surface area contributed by atoms with E-state index in [1.165, 1.54) is 0 Å². The minimum Gasteiger partial charge on any atom is -0.333 e. The molecule has 1 heterocycles. The Morgan fingerprint density at radius 1 is 0.900 bits per heavy atom. The van der Waals surface area contributed by atoms with Gasteiger partial charge in [-0.3, -0.25) is 14.9 Å². The van der Waals surface area contributed by atoms with Gasteiger partial charge in [-0.15, -0.1) is 0 Å². The third-order valence-corrected chi connectivity index (χ3v) is 4.74. The monoisotopic (exact) mass is 414 g/mol. The molecule has 0 spiro atoms. The molecular formula is C23H18N4O2S. The van der Waals surface area contributed by atoms with E-state index >= 15 is 0 Å². The number of nitrogens with zero attached hydrogens (tertiary/aromatic N) is 1. The van der Waals surface area contributed by atoms with E-state index in [9.17, 15) is 9.59 Å². The zero-order valence-corrected chi connectivity index (χ0v) is 16.6. The standard InChI is InChI=1S/C23H18N4O2S/c28-21(16-11-5-2-6-12-16)27-23(30)26-20-22(29)24-18-14-8-7-13-17(18)19(25-20)15-9-3-1-4-10-15/h1-14,20H,(H,24,29)(H2,26,27,28,30). The topological polar surface area (TPSA) is 82.6 Å². The first-order valence-corrected chi connectivity index (χ1v) is 9.73. The molecule has 0 saturated heterocycles. The van der Waals surface area contributed by atoms with E-state index < -0.39 is 6.17 Å². The van der Waals surface area contributed by atoms with Crippen LogP contribution >= 0.6 is 12.2 Å². The first-order valence-electron chi connectivity index (χ1n) is 9.32. The number of carbonyl (C=O) groups excluding carboxylic acids is 2. The number of para-hydroxylation sites is 1. The lowest BCUT2D eigenvalue weighted by Gasteiger charge is -2.15. The fraction of sp³-hybridized carbons (Fsp3) is 0.0435. The van der Waals surface area contributed by atoms with Crippen molar-refractivity contribution in [3.05, 3.63) is 102 Å². The van der Waals surface area contributed by atoms with Crippen molar-refractivity contribution >= 4 is 40.5 Å². The van der Waals surface area contributed by atoms with Gasteiger partial charge in [0.2, 0.25) is 6.17 Å². The first kappa shape index (κ1) is 19.5. The quantitative estimate of drug-likeness (QED) is 0.575. The van der Waals surface area contributed by atoms with Gasteiger partial charge in [-0.25, -0.2) is 4.99 Å². The van der Waals surface area contributed by atoms with Crippen molar-refractivity contribution in [2.75, 3.05) is 5.32 Å². The third-order valence-electron chi connectivity index (χ3n) is 4.52. The fourth-order valence-corrected chi connectivity index (χ4v) is 3.31. The maximum atomic E-state index is 12.8. The third kappa shape index (κ3) is 4.26. The minimum atomic E-state index is -1.00. The van der Waals surface area contributed by atoms with E-state index in [4.69, 9.17) is 12.2 Å². The van der Waals surface area contributed by atoms with Crippen LogP contribution in [0.1, 0.15) is 21.5 Å².